The number of hydrogen-bond acceptors (Lipinski definition) is 30. The highest BCUT2D eigenvalue weighted by Gasteiger charge is 2.52. The van der Waals surface area contributed by atoms with E-state index in [1.54, 1.807) is 0 Å². The zero-order valence-electron chi connectivity index (χ0n) is 64.3. The first-order valence-electron chi connectivity index (χ1n) is 37.5. The van der Waals surface area contributed by atoms with Gasteiger partial charge in [-0.3, -0.25) is 38.4 Å². The fourth-order valence-electron chi connectivity index (χ4n) is 14.9. The Morgan fingerprint density at radius 3 is 1.89 bits per heavy atom. The average molecular weight is 1660 g/mol. The first-order valence-corrected chi connectivity index (χ1v) is 37.9. The van der Waals surface area contributed by atoms with Crippen molar-refractivity contribution in [1.82, 2.24) is 42.5 Å². The highest BCUT2D eigenvalue weighted by Crippen LogP contribution is 2.50. The van der Waals surface area contributed by atoms with Gasteiger partial charge in [0.1, 0.15) is 89.5 Å². The van der Waals surface area contributed by atoms with Crippen molar-refractivity contribution in [3.63, 3.8) is 0 Å². The summed E-state index contributed by atoms with van der Waals surface area (Å²) in [4.78, 5) is 132. The molecule has 25 N–H and O–H groups in total. The number of carbonyl (C=O) groups is 9. The number of nitrogens with one attached hydrogen (secondary N) is 8. The zero-order chi connectivity index (χ0) is 85.3. The first kappa shape index (κ1) is 87.7. The Labute approximate surface area is 673 Å². The predicted octanol–water partition coefficient (Wildman–Crippen LogP) is -0.745. The Morgan fingerprint density at radius 1 is 0.684 bits per heavy atom. The Kier molecular flexibility index (Phi) is 26.9. The lowest BCUT2D eigenvalue weighted by molar-refractivity contribution is -0.333. The van der Waals surface area contributed by atoms with Crippen LogP contribution in [0.4, 0.5) is 0 Å². The number of ether oxygens (including phenoxy) is 8. The molecule has 5 aromatic carbocycles. The van der Waals surface area contributed by atoms with Crippen LogP contribution in [0.25, 0.3) is 11.1 Å². The van der Waals surface area contributed by atoms with Crippen molar-refractivity contribution < 1.29 is 137 Å². The molecule has 8 heterocycles. The van der Waals surface area contributed by atoms with Crippen molar-refractivity contribution in [2.24, 2.45) is 23.1 Å². The van der Waals surface area contributed by atoms with E-state index >= 15 is 24.0 Å². The van der Waals surface area contributed by atoms with E-state index in [0.29, 0.717) is 0 Å². The molecule has 0 radical (unpaired) electrons. The van der Waals surface area contributed by atoms with Crippen LogP contribution in [0.15, 0.2) is 78.9 Å². The standard InChI is InChI=1S/C77H96ClN11O28/c1-29(2)18-41(82-7)68(102)88-57-59(96)34-11-15-45(40(78)20-34)113-47-22-35-21-46(64(47)117-75-65(62(99)61(98)48(28-90)114-75)116-52-26-77(6,81)67(101)31(4)111-52)112-36-12-8-32(9-13-36)63(115-51-25-76(5,80)66(100)30(3)110-51)58-73(107)87-56(74(108)109)38-23-44(92)39(27-83-17-16-50(94)95)60(97)53(38)37-19-33(10-14-43(37)91)54(70(104)89-58)86-71(105)55(35)85-69(103)42(24-49(79)93)84-72(57)106/h8-15,19-23,29-31,41-42,48,51-52,54-59,61-63,65-67,75,82-83,90-92,96-101H,16-18,24-28,80-81H2,1-7H3,(H2,79,93)(H,84,106)(H,85,103)(H,86,105)(H,87,107)(H,88,102)(H,89,104)(H,94,95)(H,108,109)/t30-,31-,41?,42?,48+,51-,52-,54?,55?,56?,57?,58?,59?,61+,62-,63?,65+,66-,67-,75-,76-,77-/m0/s1. The lowest BCUT2D eigenvalue weighted by atomic mass is 9.86. The van der Waals surface area contributed by atoms with Gasteiger partial charge in [-0.1, -0.05) is 49.7 Å². The SMILES string of the molecule is CNC(CC(C)C)C(=O)NC1C(=O)NC(CC(N)=O)C(=O)NC2C(=O)NC3C(=O)NC(C(=O)NC(C(=O)O)c4cc(O)c(CNCCC(=O)O)c(O)c4-c4cc3ccc4O)C(O[C@H]3C[C@](C)(N)[C@@H](O)[C@H](C)O3)c3ccc(cc3)Oc3cc2cc(c3O[C@@H]2O[C@H](CO)[C@@H](O)[C@H](O)[C@H]2O[C@H]2C[C@](C)(N)[C@@H](O)[C@H](C)O2)Oc2ccc(cc2Cl)C1O. The number of phenolic OH excluding ortho intramolecular Hbond substituents is 3. The van der Waals surface area contributed by atoms with Crippen molar-refractivity contribution in [3.05, 3.63) is 117 Å². The fourth-order valence-corrected chi connectivity index (χ4v) is 15.1. The molecule has 40 heteroatoms. The number of rotatable bonds is 20. The lowest BCUT2D eigenvalue weighted by Crippen LogP contribution is -2.64. The van der Waals surface area contributed by atoms with Crippen molar-refractivity contribution in [2.75, 3.05) is 20.2 Å². The van der Waals surface area contributed by atoms with E-state index in [-0.39, 0.29) is 59.4 Å². The van der Waals surface area contributed by atoms with Crippen LogP contribution in [0, 0.1) is 5.92 Å². The quantitative estimate of drug-likeness (QED) is 0.0427. The summed E-state index contributed by atoms with van der Waals surface area (Å²) in [5, 5.41) is 146. The van der Waals surface area contributed by atoms with E-state index < -0.39 is 280 Å². The third-order valence-electron chi connectivity index (χ3n) is 21.2. The highest BCUT2D eigenvalue weighted by atomic mass is 35.5. The van der Waals surface area contributed by atoms with Crippen molar-refractivity contribution in [1.29, 1.82) is 0 Å². The molecule has 3 saturated heterocycles. The molecule has 5 aromatic rings. The summed E-state index contributed by atoms with van der Waals surface area (Å²) in [6, 6.07) is 0.0412. The third-order valence-corrected chi connectivity index (χ3v) is 21.5. The van der Waals surface area contributed by atoms with Gasteiger partial charge in [0.15, 0.2) is 36.2 Å². The second kappa shape index (κ2) is 36.0. The van der Waals surface area contributed by atoms with Crippen LogP contribution in [0.1, 0.15) is 137 Å². The van der Waals surface area contributed by atoms with E-state index in [4.69, 9.17) is 66.7 Å². The number of phenols is 3. The van der Waals surface area contributed by atoms with E-state index in [9.17, 15) is 75.3 Å². The number of aliphatic hydroxyl groups is 6. The number of fused-ring (bicyclic) bond motifs is 15. The fraction of sp³-hybridized carbons (Fsp3) is 0.494. The molecule has 11 bridgehead atoms. The molecule has 22 atom stereocenters. The number of carboxylic acids is 2. The number of amides is 7. The summed E-state index contributed by atoms with van der Waals surface area (Å²) in [6.07, 6.45) is -23.3. The first-order chi connectivity index (χ1) is 55.2. The number of aromatic hydroxyl groups is 3. The monoisotopic (exact) mass is 1660 g/mol. The number of nitrogens with two attached hydrogens (primary N) is 3. The molecule has 634 valence electrons. The van der Waals surface area contributed by atoms with Crippen molar-refractivity contribution in [3.8, 4) is 57.1 Å². The van der Waals surface area contributed by atoms with Gasteiger partial charge < -0.3 is 154 Å². The Bertz CT molecular complexity index is 4600. The maximum Gasteiger partial charge on any atom is 0.330 e. The van der Waals surface area contributed by atoms with Gasteiger partial charge >= 0.3 is 11.9 Å². The van der Waals surface area contributed by atoms with Crippen LogP contribution in [0.2, 0.25) is 5.02 Å². The number of benzene rings is 5. The Hall–Kier alpha value is -10.2. The maximum absolute atomic E-state index is 16.5. The number of carbonyl (C=O) groups excluding carboxylic acids is 7. The number of aliphatic carboxylic acids is 2. The van der Waals surface area contributed by atoms with Crippen LogP contribution in [-0.2, 0) is 73.4 Å². The van der Waals surface area contributed by atoms with E-state index in [0.717, 1.165) is 42.5 Å². The van der Waals surface area contributed by atoms with Crippen molar-refractivity contribution in [2.45, 2.75) is 213 Å². The number of aliphatic hydroxyl groups excluding tert-OH is 6. The highest BCUT2D eigenvalue weighted by molar-refractivity contribution is 6.32. The van der Waals surface area contributed by atoms with Gasteiger partial charge in [0.05, 0.1) is 60.5 Å². The summed E-state index contributed by atoms with van der Waals surface area (Å²) in [7, 11) is 1.47. The van der Waals surface area contributed by atoms with E-state index in [2.05, 4.69) is 42.5 Å². The van der Waals surface area contributed by atoms with Gasteiger partial charge in [0, 0.05) is 53.7 Å². The average Bonchev–Trinajstić information content (AvgIpc) is 0.765. The van der Waals surface area contributed by atoms with E-state index in [1.165, 1.54) is 71.1 Å². The van der Waals surface area contributed by atoms with Crippen molar-refractivity contribution >= 4 is 64.9 Å². The van der Waals surface area contributed by atoms with Crippen LogP contribution in [0.3, 0.4) is 0 Å². The molecule has 0 aromatic heterocycles. The molecule has 9 unspecified atom stereocenters. The maximum atomic E-state index is 16.5. The number of hydrogen-bond donors (Lipinski definition) is 22. The second-order valence-electron chi connectivity index (χ2n) is 30.7. The molecule has 8 aliphatic heterocycles. The number of likely N-dealkylation sites (N-methyl/N-ethyl adjacent to an activating group) is 1. The second-order valence-corrected chi connectivity index (χ2v) is 31.1. The molecular weight excluding hydrogens is 1560 g/mol. The molecule has 0 spiro atoms. The van der Waals surface area contributed by atoms with E-state index in [1.807, 2.05) is 13.8 Å². The molecule has 13 rings (SSSR count). The normalized spacial score (nSPS) is 31.0. The molecule has 0 saturated carbocycles. The minimum Gasteiger partial charge on any atom is -0.507 e. The zero-order valence-corrected chi connectivity index (χ0v) is 65.0. The van der Waals surface area contributed by atoms with Crippen LogP contribution >= 0.6 is 11.6 Å². The molecule has 7 amide bonds. The summed E-state index contributed by atoms with van der Waals surface area (Å²) in [5.74, 6) is -17.4. The summed E-state index contributed by atoms with van der Waals surface area (Å²) in [6.45, 7) is 7.79. The van der Waals surface area contributed by atoms with Gasteiger partial charge in [0.25, 0.3) is 0 Å². The Morgan fingerprint density at radius 2 is 1.29 bits per heavy atom. The topological polar surface area (TPSA) is 624 Å². The van der Waals surface area contributed by atoms with Crippen LogP contribution in [-0.4, -0.2) is 233 Å². The molecule has 3 fully saturated rings. The number of halogens is 1. The third kappa shape index (κ3) is 19.3. The summed E-state index contributed by atoms with van der Waals surface area (Å²) < 4.78 is 51.8. The number of carboxylic acid groups (broad SMARTS) is 2. The van der Waals surface area contributed by atoms with Gasteiger partial charge in [-0.25, -0.2) is 4.79 Å². The van der Waals surface area contributed by atoms with Gasteiger partial charge in [0.2, 0.25) is 53.4 Å². The minimum atomic E-state index is -2.39. The Balaban J connectivity index is 1.19. The lowest BCUT2D eigenvalue weighted by Gasteiger charge is -2.47. The molecule has 8 aliphatic rings. The molecular formula is C77H96ClN11O28. The van der Waals surface area contributed by atoms with Gasteiger partial charge in [-0.05, 0) is 124 Å². The summed E-state index contributed by atoms with van der Waals surface area (Å²) in [5.41, 5.74) is 12.8. The van der Waals surface area contributed by atoms with Crippen LogP contribution < -0.4 is 73.9 Å². The minimum absolute atomic E-state index is 0.0790. The molecule has 39 nitrogen and oxygen atoms in total. The summed E-state index contributed by atoms with van der Waals surface area (Å²) >= 11 is 7.15. The van der Waals surface area contributed by atoms with Gasteiger partial charge in [-0.15, -0.1) is 0 Å². The largest absolute Gasteiger partial charge is 0.507 e. The smallest absolute Gasteiger partial charge is 0.330 e. The van der Waals surface area contributed by atoms with Crippen LogP contribution in [0.5, 0.6) is 46.0 Å². The predicted molar refractivity (Wildman–Crippen MR) is 405 cm³/mol. The molecule has 117 heavy (non-hydrogen) atoms. The van der Waals surface area contributed by atoms with Gasteiger partial charge in [-0.2, -0.15) is 0 Å². The molecule has 0 aliphatic carbocycles. The number of primary amides is 1.